The zero-order valence-corrected chi connectivity index (χ0v) is 18.5. The molecule has 1 heterocycles. The lowest BCUT2D eigenvalue weighted by Crippen LogP contribution is -2.42. The van der Waals surface area contributed by atoms with Crippen LogP contribution >= 0.6 is 11.6 Å². The van der Waals surface area contributed by atoms with Crippen LogP contribution in [0.25, 0.3) is 0 Å². The van der Waals surface area contributed by atoms with E-state index < -0.39 is 24.5 Å². The Labute approximate surface area is 190 Å². The number of nitrogens with zero attached hydrogens (tertiary/aromatic N) is 3. The number of amides is 1. The molecule has 0 spiro atoms. The second-order valence-electron chi connectivity index (χ2n) is 6.99. The summed E-state index contributed by atoms with van der Waals surface area (Å²) in [6, 6.07) is 12.0. The van der Waals surface area contributed by atoms with Crippen molar-refractivity contribution in [2.45, 2.75) is 19.4 Å². The lowest BCUT2D eigenvalue weighted by atomic mass is 9.99. The van der Waals surface area contributed by atoms with Gasteiger partial charge in [0.25, 0.3) is 0 Å². The topological polar surface area (TPSA) is 130 Å². The number of nitrogens with one attached hydrogen (secondary N) is 1. The first-order valence-corrected chi connectivity index (χ1v) is 10.3. The molecule has 1 amide bonds. The van der Waals surface area contributed by atoms with Crippen LogP contribution in [0.1, 0.15) is 24.5 Å². The van der Waals surface area contributed by atoms with E-state index in [4.69, 9.17) is 32.3 Å². The first-order chi connectivity index (χ1) is 15.4. The van der Waals surface area contributed by atoms with Crippen LogP contribution in [0.2, 0.25) is 5.02 Å². The van der Waals surface area contributed by atoms with E-state index in [1.807, 2.05) is 42.2 Å². The molecule has 1 aliphatic heterocycles. The van der Waals surface area contributed by atoms with Crippen molar-refractivity contribution < 1.29 is 19.4 Å². The van der Waals surface area contributed by atoms with Gasteiger partial charge in [0, 0.05) is 22.7 Å². The van der Waals surface area contributed by atoms with Crippen LogP contribution in [-0.4, -0.2) is 54.8 Å². The first-order valence-electron chi connectivity index (χ1n) is 9.93. The van der Waals surface area contributed by atoms with Gasteiger partial charge < -0.3 is 25.9 Å². The van der Waals surface area contributed by atoms with Crippen molar-refractivity contribution in [2.75, 3.05) is 25.1 Å². The summed E-state index contributed by atoms with van der Waals surface area (Å²) in [6.07, 6.45) is -0.123. The molecule has 1 atom stereocenters. The Morgan fingerprint density at radius 1 is 1.28 bits per heavy atom. The van der Waals surface area contributed by atoms with Crippen LogP contribution in [0, 0.1) is 0 Å². The van der Waals surface area contributed by atoms with Crippen molar-refractivity contribution >= 4 is 40.7 Å². The summed E-state index contributed by atoms with van der Waals surface area (Å²) < 4.78 is 5.42. The number of hydrogen-bond donors (Lipinski definition) is 3. The highest BCUT2D eigenvalue weighted by molar-refractivity contribution is 6.31. The number of halogens is 1. The van der Waals surface area contributed by atoms with Crippen LogP contribution in [0.3, 0.4) is 0 Å². The second-order valence-corrected chi connectivity index (χ2v) is 7.43. The Balaban J connectivity index is 2.16. The number of carboxylic acids is 1. The predicted octanol–water partition coefficient (Wildman–Crippen LogP) is 2.26. The molecule has 0 aromatic heterocycles. The number of carbonyl (C=O) groups is 2. The van der Waals surface area contributed by atoms with E-state index >= 15 is 0 Å². The monoisotopic (exact) mass is 457 g/mol. The van der Waals surface area contributed by atoms with Crippen molar-refractivity contribution in [3.05, 3.63) is 58.6 Å². The number of carbonyl (C=O) groups excluding carboxylic acids is 1. The molecule has 0 unspecified atom stereocenters. The number of carboxylic acid groups (broad SMARTS) is 1. The van der Waals surface area contributed by atoms with Crippen molar-refractivity contribution in [2.24, 2.45) is 15.9 Å². The van der Waals surface area contributed by atoms with Gasteiger partial charge in [-0.25, -0.2) is 0 Å². The van der Waals surface area contributed by atoms with E-state index in [-0.39, 0.29) is 6.42 Å². The zero-order valence-electron chi connectivity index (χ0n) is 17.7. The molecule has 4 N–H and O–H groups in total. The number of hydrazone groups is 1. The number of methoxy groups -OCH3 is 1. The van der Waals surface area contributed by atoms with E-state index in [0.717, 1.165) is 16.8 Å². The fourth-order valence-corrected chi connectivity index (χ4v) is 3.66. The number of aliphatic imine (C=N–C) groups is 1. The Bertz CT molecular complexity index is 1070. The number of ether oxygens (including phenoxy) is 1. The molecule has 0 aliphatic carbocycles. The highest BCUT2D eigenvalue weighted by Crippen LogP contribution is 2.32. The summed E-state index contributed by atoms with van der Waals surface area (Å²) in [5.74, 6) is 5.19. The number of amidine groups is 1. The number of fused-ring (bicyclic) bond motifs is 1. The Morgan fingerprint density at radius 2 is 2.00 bits per heavy atom. The van der Waals surface area contributed by atoms with Crippen LogP contribution in [0.5, 0.6) is 5.75 Å². The summed E-state index contributed by atoms with van der Waals surface area (Å²) in [6.45, 7) is 1.98. The molecule has 2 aromatic carbocycles. The van der Waals surface area contributed by atoms with Crippen molar-refractivity contribution in [3.8, 4) is 5.75 Å². The minimum atomic E-state index is -1.13. The number of rotatable bonds is 7. The summed E-state index contributed by atoms with van der Waals surface area (Å²) in [5.41, 5.74) is 2.99. The lowest BCUT2D eigenvalue weighted by Gasteiger charge is -2.27. The number of nitrogens with two attached hydrogens (primary N) is 1. The number of anilines is 1. The van der Waals surface area contributed by atoms with Crippen LogP contribution in [-0.2, 0) is 9.59 Å². The average molecular weight is 458 g/mol. The Morgan fingerprint density at radius 3 is 2.59 bits per heavy atom. The fraction of sp³-hybridized carbons (Fsp3) is 0.273. The van der Waals surface area contributed by atoms with Gasteiger partial charge in [-0.15, -0.1) is 0 Å². The van der Waals surface area contributed by atoms with Crippen LogP contribution in [0.4, 0.5) is 5.69 Å². The van der Waals surface area contributed by atoms with Gasteiger partial charge in [0.1, 0.15) is 18.3 Å². The van der Waals surface area contributed by atoms with Gasteiger partial charge in [0.2, 0.25) is 5.91 Å². The normalized spacial score (nSPS) is 16.7. The minimum absolute atomic E-state index is 0.123. The number of benzodiazepines with no additional fused rings is 1. The summed E-state index contributed by atoms with van der Waals surface area (Å²) in [4.78, 5) is 30.0. The average Bonchev–Trinajstić information content (AvgIpc) is 2.91. The van der Waals surface area contributed by atoms with Gasteiger partial charge in [0.05, 0.1) is 24.9 Å². The SMILES string of the molecule is CCN1/C(=N\N)[C@H](CC(=O)NCC(=O)O)N=C(c2ccc(Cl)cc2)c2cc(OC)ccc21. The summed E-state index contributed by atoms with van der Waals surface area (Å²) in [5, 5.41) is 15.8. The molecule has 10 heteroatoms. The maximum absolute atomic E-state index is 12.5. The molecule has 9 nitrogen and oxygen atoms in total. The molecule has 0 saturated heterocycles. The van der Waals surface area contributed by atoms with E-state index in [1.165, 1.54) is 0 Å². The molecular weight excluding hydrogens is 434 g/mol. The van der Waals surface area contributed by atoms with E-state index in [1.54, 1.807) is 19.2 Å². The third-order valence-corrected chi connectivity index (χ3v) is 5.24. The smallest absolute Gasteiger partial charge is 0.322 e. The van der Waals surface area contributed by atoms with E-state index in [9.17, 15) is 9.59 Å². The van der Waals surface area contributed by atoms with Crippen molar-refractivity contribution in [1.29, 1.82) is 0 Å². The molecule has 0 saturated carbocycles. The molecule has 3 rings (SSSR count). The van der Waals surface area contributed by atoms with Gasteiger partial charge in [-0.3, -0.25) is 14.6 Å². The molecule has 2 aromatic rings. The zero-order chi connectivity index (χ0) is 23.3. The van der Waals surface area contributed by atoms with Crippen molar-refractivity contribution in [3.63, 3.8) is 0 Å². The summed E-state index contributed by atoms with van der Waals surface area (Å²) in [7, 11) is 1.58. The molecule has 1 aliphatic rings. The van der Waals surface area contributed by atoms with E-state index in [2.05, 4.69) is 10.4 Å². The second kappa shape index (κ2) is 10.1. The number of benzene rings is 2. The molecule has 0 radical (unpaired) electrons. The van der Waals surface area contributed by atoms with Gasteiger partial charge in [-0.1, -0.05) is 23.7 Å². The van der Waals surface area contributed by atoms with Crippen molar-refractivity contribution in [1.82, 2.24) is 5.32 Å². The molecular formula is C22H24ClN5O4. The predicted molar refractivity (Wildman–Crippen MR) is 124 cm³/mol. The third-order valence-electron chi connectivity index (χ3n) is 4.99. The van der Waals surface area contributed by atoms with Gasteiger partial charge in [0.15, 0.2) is 5.84 Å². The third kappa shape index (κ3) is 5.00. The number of hydrogen-bond acceptors (Lipinski definition) is 6. The lowest BCUT2D eigenvalue weighted by molar-refractivity contribution is -0.137. The standard InChI is InChI=1S/C22H24ClN5O4/c1-3-28-18-9-8-15(32-2)10-16(18)21(13-4-6-14(23)7-5-13)26-17(22(28)27-24)11-19(29)25-12-20(30)31/h4-10,17H,3,11-12,24H2,1-2H3,(H,25,29)(H,30,31)/b27-22-/t17-/m0/s1. The van der Waals surface area contributed by atoms with Gasteiger partial charge >= 0.3 is 5.97 Å². The summed E-state index contributed by atoms with van der Waals surface area (Å²) >= 11 is 6.08. The Kier molecular flexibility index (Phi) is 7.32. The van der Waals surface area contributed by atoms with Gasteiger partial charge in [-0.2, -0.15) is 5.10 Å². The molecule has 32 heavy (non-hydrogen) atoms. The minimum Gasteiger partial charge on any atom is -0.497 e. The quantitative estimate of drug-likeness (QED) is 0.432. The number of aliphatic carboxylic acids is 1. The van der Waals surface area contributed by atoms with E-state index in [0.29, 0.717) is 28.9 Å². The maximum Gasteiger partial charge on any atom is 0.322 e. The number of likely N-dealkylation sites (N-methyl/N-ethyl adjacent to an activating group) is 1. The van der Waals surface area contributed by atoms with Crippen LogP contribution in [0.15, 0.2) is 52.6 Å². The molecule has 0 fully saturated rings. The fourth-order valence-electron chi connectivity index (χ4n) is 3.54. The first kappa shape index (κ1) is 23.1. The molecule has 0 bridgehead atoms. The highest BCUT2D eigenvalue weighted by Gasteiger charge is 2.31. The highest BCUT2D eigenvalue weighted by atomic mass is 35.5. The largest absolute Gasteiger partial charge is 0.497 e. The van der Waals surface area contributed by atoms with Crippen LogP contribution < -0.4 is 20.8 Å². The maximum atomic E-state index is 12.5. The molecule has 168 valence electrons. The van der Waals surface area contributed by atoms with Gasteiger partial charge in [-0.05, 0) is 37.3 Å². The Hall–Kier alpha value is -3.59.